The Labute approximate surface area is 170 Å². The maximum Gasteiger partial charge on any atom is 0.223 e. The van der Waals surface area contributed by atoms with Crippen molar-refractivity contribution in [1.29, 1.82) is 0 Å². The lowest BCUT2D eigenvalue weighted by molar-refractivity contribution is -0.131. The zero-order valence-corrected chi connectivity index (χ0v) is 17.2. The molecule has 6 heteroatoms. The number of benzene rings is 2. The zero-order valence-electron chi connectivity index (χ0n) is 16.4. The number of hydrogen-bond acceptors (Lipinski definition) is 5. The number of carbonyl (C=O) groups is 2. The number of para-hydroxylation sites is 2. The van der Waals surface area contributed by atoms with Crippen LogP contribution in [0, 0.1) is 0 Å². The van der Waals surface area contributed by atoms with Gasteiger partial charge in [0.25, 0.3) is 0 Å². The van der Waals surface area contributed by atoms with Gasteiger partial charge in [0.15, 0.2) is 5.78 Å². The number of methoxy groups -OCH3 is 1. The number of hydrogen-bond donors (Lipinski definition) is 0. The van der Waals surface area contributed by atoms with Crippen LogP contribution in [0.3, 0.4) is 0 Å². The molecule has 1 aliphatic rings. The standard InChI is InChI=1S/C22H26N2O3S/c1-27-21-6-4-3-5-19(21)23-13-15-24(16-14-23)22(26)12-11-20(25)17-7-9-18(28-2)10-8-17/h3-10H,11-16H2,1-2H3. The van der Waals surface area contributed by atoms with E-state index in [0.29, 0.717) is 18.7 Å². The summed E-state index contributed by atoms with van der Waals surface area (Å²) in [5.41, 5.74) is 1.73. The van der Waals surface area contributed by atoms with Crippen molar-refractivity contribution in [2.24, 2.45) is 0 Å². The van der Waals surface area contributed by atoms with Crippen molar-refractivity contribution in [3.05, 3.63) is 54.1 Å². The summed E-state index contributed by atoms with van der Waals surface area (Å²) in [5, 5.41) is 0. The molecule has 1 heterocycles. The molecule has 148 valence electrons. The largest absolute Gasteiger partial charge is 0.495 e. The van der Waals surface area contributed by atoms with Crippen LogP contribution in [-0.4, -0.2) is 56.1 Å². The van der Waals surface area contributed by atoms with Crippen molar-refractivity contribution >= 4 is 29.1 Å². The second kappa shape index (κ2) is 9.64. The predicted octanol–water partition coefficient (Wildman–Crippen LogP) is 3.73. The van der Waals surface area contributed by atoms with Crippen LogP contribution in [-0.2, 0) is 4.79 Å². The van der Waals surface area contributed by atoms with Crippen molar-refractivity contribution in [2.45, 2.75) is 17.7 Å². The molecule has 0 unspecified atom stereocenters. The average molecular weight is 399 g/mol. The van der Waals surface area contributed by atoms with Crippen LogP contribution in [0.25, 0.3) is 0 Å². The molecular weight excluding hydrogens is 372 g/mol. The third kappa shape index (κ3) is 4.87. The van der Waals surface area contributed by atoms with Crippen LogP contribution in [0.15, 0.2) is 53.4 Å². The number of carbonyl (C=O) groups excluding carboxylic acids is 2. The van der Waals surface area contributed by atoms with Crippen molar-refractivity contribution in [1.82, 2.24) is 4.90 Å². The van der Waals surface area contributed by atoms with Gasteiger partial charge in [-0.15, -0.1) is 11.8 Å². The first-order chi connectivity index (χ1) is 13.6. The van der Waals surface area contributed by atoms with Gasteiger partial charge in [0.1, 0.15) is 5.75 Å². The molecule has 0 spiro atoms. The monoisotopic (exact) mass is 398 g/mol. The Bertz CT molecular complexity index is 815. The summed E-state index contributed by atoms with van der Waals surface area (Å²) in [4.78, 5) is 30.1. The molecule has 0 N–H and O–H groups in total. The molecule has 1 aliphatic heterocycles. The summed E-state index contributed by atoms with van der Waals surface area (Å²) in [6.07, 6.45) is 2.52. The Balaban J connectivity index is 1.49. The number of Topliss-reactive ketones (excluding diaryl/α,β-unsaturated/α-hetero) is 1. The van der Waals surface area contributed by atoms with Crippen molar-refractivity contribution in [2.75, 3.05) is 44.4 Å². The van der Waals surface area contributed by atoms with Crippen LogP contribution in [0.2, 0.25) is 0 Å². The molecule has 3 rings (SSSR count). The van der Waals surface area contributed by atoms with Gasteiger partial charge in [0.05, 0.1) is 12.8 Å². The SMILES string of the molecule is COc1ccccc1N1CCN(C(=O)CCC(=O)c2ccc(SC)cc2)CC1. The van der Waals surface area contributed by atoms with Crippen LogP contribution < -0.4 is 9.64 Å². The van der Waals surface area contributed by atoms with Crippen LogP contribution in [0.4, 0.5) is 5.69 Å². The first-order valence-corrected chi connectivity index (χ1v) is 10.7. The highest BCUT2D eigenvalue weighted by Gasteiger charge is 2.23. The van der Waals surface area contributed by atoms with E-state index in [1.54, 1.807) is 18.9 Å². The second-order valence-corrected chi connectivity index (χ2v) is 7.57. The number of anilines is 1. The van der Waals surface area contributed by atoms with Crippen LogP contribution in [0.5, 0.6) is 5.75 Å². The summed E-state index contributed by atoms with van der Waals surface area (Å²) in [7, 11) is 1.67. The second-order valence-electron chi connectivity index (χ2n) is 6.69. The van der Waals surface area contributed by atoms with Crippen molar-refractivity contribution in [3.8, 4) is 5.75 Å². The van der Waals surface area contributed by atoms with Gasteiger partial charge in [0, 0.05) is 49.5 Å². The third-order valence-corrected chi connectivity index (χ3v) is 5.78. The minimum absolute atomic E-state index is 0.0219. The fourth-order valence-electron chi connectivity index (χ4n) is 3.39. The molecule has 0 radical (unpaired) electrons. The topological polar surface area (TPSA) is 49.9 Å². The molecule has 0 aromatic heterocycles. The summed E-state index contributed by atoms with van der Waals surface area (Å²) < 4.78 is 5.43. The minimum Gasteiger partial charge on any atom is -0.495 e. The van der Waals surface area contributed by atoms with E-state index in [4.69, 9.17) is 4.74 Å². The van der Waals surface area contributed by atoms with Gasteiger partial charge < -0.3 is 14.5 Å². The fraction of sp³-hybridized carbons (Fsp3) is 0.364. The smallest absolute Gasteiger partial charge is 0.223 e. The lowest BCUT2D eigenvalue weighted by atomic mass is 10.1. The molecule has 1 fully saturated rings. The Morgan fingerprint density at radius 3 is 2.29 bits per heavy atom. The molecule has 0 atom stereocenters. The quantitative estimate of drug-likeness (QED) is 0.525. The molecule has 2 aromatic rings. The van der Waals surface area contributed by atoms with E-state index in [2.05, 4.69) is 4.90 Å². The van der Waals surface area contributed by atoms with Gasteiger partial charge in [-0.2, -0.15) is 0 Å². The Morgan fingerprint density at radius 1 is 0.964 bits per heavy atom. The first kappa shape index (κ1) is 20.3. The highest BCUT2D eigenvalue weighted by molar-refractivity contribution is 7.98. The predicted molar refractivity (Wildman–Crippen MR) is 114 cm³/mol. The van der Waals surface area contributed by atoms with E-state index in [0.717, 1.165) is 29.4 Å². The Kier molecular flexibility index (Phi) is 6.98. The highest BCUT2D eigenvalue weighted by atomic mass is 32.2. The number of nitrogens with zero attached hydrogens (tertiary/aromatic N) is 2. The molecule has 5 nitrogen and oxygen atoms in total. The number of amides is 1. The zero-order chi connectivity index (χ0) is 19.9. The maximum atomic E-state index is 12.5. The van der Waals surface area contributed by atoms with Crippen LogP contribution in [0.1, 0.15) is 23.2 Å². The Morgan fingerprint density at radius 2 is 1.64 bits per heavy atom. The molecule has 1 amide bonds. The number of piperazine rings is 1. The summed E-state index contributed by atoms with van der Waals surface area (Å²) in [6, 6.07) is 15.5. The van der Waals surface area contributed by atoms with E-state index in [1.165, 1.54) is 0 Å². The maximum absolute atomic E-state index is 12.5. The van der Waals surface area contributed by atoms with Crippen LogP contribution >= 0.6 is 11.8 Å². The summed E-state index contributed by atoms with van der Waals surface area (Å²) in [5.74, 6) is 0.919. The first-order valence-electron chi connectivity index (χ1n) is 9.45. The van der Waals surface area contributed by atoms with Gasteiger partial charge in [-0.1, -0.05) is 24.3 Å². The molecule has 28 heavy (non-hydrogen) atoms. The number of ether oxygens (including phenoxy) is 1. The molecule has 0 aliphatic carbocycles. The van der Waals surface area contributed by atoms with Crippen molar-refractivity contribution < 1.29 is 14.3 Å². The molecule has 2 aromatic carbocycles. The van der Waals surface area contributed by atoms with Gasteiger partial charge >= 0.3 is 0 Å². The van der Waals surface area contributed by atoms with E-state index in [1.807, 2.05) is 59.7 Å². The van der Waals surface area contributed by atoms with Gasteiger partial charge in [-0.25, -0.2) is 0 Å². The summed E-state index contributed by atoms with van der Waals surface area (Å²) >= 11 is 1.64. The molecule has 0 saturated carbocycles. The minimum atomic E-state index is 0.0219. The highest BCUT2D eigenvalue weighted by Crippen LogP contribution is 2.28. The number of thioether (sulfide) groups is 1. The number of rotatable bonds is 7. The number of ketones is 1. The average Bonchev–Trinajstić information content (AvgIpc) is 2.77. The van der Waals surface area contributed by atoms with E-state index in [9.17, 15) is 9.59 Å². The molecular formula is C22H26N2O3S. The third-order valence-electron chi connectivity index (χ3n) is 5.04. The normalized spacial score (nSPS) is 14.1. The Hall–Kier alpha value is -2.47. The van der Waals surface area contributed by atoms with E-state index in [-0.39, 0.29) is 24.5 Å². The lowest BCUT2D eigenvalue weighted by Gasteiger charge is -2.36. The van der Waals surface area contributed by atoms with E-state index >= 15 is 0 Å². The van der Waals surface area contributed by atoms with E-state index < -0.39 is 0 Å². The van der Waals surface area contributed by atoms with Gasteiger partial charge in [-0.3, -0.25) is 9.59 Å². The molecule has 1 saturated heterocycles. The van der Waals surface area contributed by atoms with Gasteiger partial charge in [0.2, 0.25) is 5.91 Å². The fourth-order valence-corrected chi connectivity index (χ4v) is 3.80. The lowest BCUT2D eigenvalue weighted by Crippen LogP contribution is -2.48. The van der Waals surface area contributed by atoms with Gasteiger partial charge in [-0.05, 0) is 30.5 Å². The molecule has 0 bridgehead atoms. The summed E-state index contributed by atoms with van der Waals surface area (Å²) in [6.45, 7) is 2.84. The van der Waals surface area contributed by atoms with Crippen molar-refractivity contribution in [3.63, 3.8) is 0 Å².